The van der Waals surface area contributed by atoms with E-state index in [1.54, 1.807) is 0 Å². The zero-order valence-electron chi connectivity index (χ0n) is 9.68. The Hall–Kier alpha value is -0.730. The van der Waals surface area contributed by atoms with Crippen LogP contribution in [0.2, 0.25) is 10.0 Å². The van der Waals surface area contributed by atoms with Gasteiger partial charge in [-0.1, -0.05) is 29.3 Å². The SMILES string of the molecule is N=C(Cc1c(Cl)cccc1Cl)N1CCCCC1. The van der Waals surface area contributed by atoms with E-state index in [0.717, 1.165) is 18.7 Å². The number of halogens is 2. The Morgan fingerprint density at radius 2 is 1.71 bits per heavy atom. The van der Waals surface area contributed by atoms with E-state index < -0.39 is 0 Å². The van der Waals surface area contributed by atoms with Gasteiger partial charge in [0.05, 0.1) is 0 Å². The molecule has 1 saturated heterocycles. The number of rotatable bonds is 2. The van der Waals surface area contributed by atoms with Crippen molar-refractivity contribution in [2.45, 2.75) is 25.7 Å². The maximum absolute atomic E-state index is 8.12. The molecule has 0 atom stereocenters. The Kier molecular flexibility index (Phi) is 4.30. The van der Waals surface area contributed by atoms with Crippen molar-refractivity contribution < 1.29 is 0 Å². The third-order valence-corrected chi connectivity index (χ3v) is 3.85. The van der Waals surface area contributed by atoms with E-state index in [0.29, 0.717) is 22.3 Å². The molecule has 0 aliphatic carbocycles. The smallest absolute Gasteiger partial charge is 0.100 e. The van der Waals surface area contributed by atoms with E-state index >= 15 is 0 Å². The van der Waals surface area contributed by atoms with Crippen LogP contribution < -0.4 is 0 Å². The highest BCUT2D eigenvalue weighted by molar-refractivity contribution is 6.36. The molecule has 2 nitrogen and oxygen atoms in total. The topological polar surface area (TPSA) is 27.1 Å². The highest BCUT2D eigenvalue weighted by Gasteiger charge is 2.16. The molecule has 2 rings (SSSR count). The van der Waals surface area contributed by atoms with Gasteiger partial charge in [-0.15, -0.1) is 0 Å². The number of nitrogens with zero attached hydrogens (tertiary/aromatic N) is 1. The molecule has 1 aromatic carbocycles. The zero-order valence-corrected chi connectivity index (χ0v) is 11.2. The fourth-order valence-electron chi connectivity index (χ4n) is 2.14. The molecule has 1 N–H and O–H groups in total. The monoisotopic (exact) mass is 270 g/mol. The fourth-order valence-corrected chi connectivity index (χ4v) is 2.68. The van der Waals surface area contributed by atoms with Crippen molar-refractivity contribution in [3.05, 3.63) is 33.8 Å². The number of likely N-dealkylation sites (tertiary alicyclic amines) is 1. The molecule has 0 amide bonds. The number of hydrogen-bond donors (Lipinski definition) is 1. The molecule has 0 spiro atoms. The normalized spacial score (nSPS) is 16.0. The molecule has 1 aliphatic rings. The van der Waals surface area contributed by atoms with E-state index in [1.807, 2.05) is 18.2 Å². The highest BCUT2D eigenvalue weighted by Crippen LogP contribution is 2.25. The lowest BCUT2D eigenvalue weighted by molar-refractivity contribution is 0.336. The predicted octanol–water partition coefficient (Wildman–Crippen LogP) is 4.00. The lowest BCUT2D eigenvalue weighted by Crippen LogP contribution is -2.36. The first-order valence-electron chi connectivity index (χ1n) is 5.94. The number of amidine groups is 1. The van der Waals surface area contributed by atoms with Gasteiger partial charge in [-0.05, 0) is 37.0 Å². The van der Waals surface area contributed by atoms with Crippen LogP contribution in [-0.2, 0) is 6.42 Å². The molecule has 1 fully saturated rings. The van der Waals surface area contributed by atoms with E-state index in [9.17, 15) is 0 Å². The summed E-state index contributed by atoms with van der Waals surface area (Å²) >= 11 is 12.2. The highest BCUT2D eigenvalue weighted by atomic mass is 35.5. The van der Waals surface area contributed by atoms with Crippen LogP contribution in [0.4, 0.5) is 0 Å². The lowest BCUT2D eigenvalue weighted by Gasteiger charge is -2.29. The standard InChI is InChI=1S/C13H16Cl2N2/c14-11-5-4-6-12(15)10(11)9-13(16)17-7-2-1-3-8-17/h4-6,16H,1-3,7-9H2. The molecular weight excluding hydrogens is 255 g/mol. The van der Waals surface area contributed by atoms with Crippen molar-refractivity contribution in [2.75, 3.05) is 13.1 Å². The predicted molar refractivity (Wildman–Crippen MR) is 73.3 cm³/mol. The summed E-state index contributed by atoms with van der Waals surface area (Å²) in [5.41, 5.74) is 0.867. The summed E-state index contributed by atoms with van der Waals surface area (Å²) in [4.78, 5) is 2.13. The van der Waals surface area contributed by atoms with Crippen LogP contribution in [0.1, 0.15) is 24.8 Å². The van der Waals surface area contributed by atoms with Crippen molar-refractivity contribution in [3.63, 3.8) is 0 Å². The minimum Gasteiger partial charge on any atom is -0.360 e. The first kappa shape index (κ1) is 12.7. The molecule has 0 bridgehead atoms. The van der Waals surface area contributed by atoms with Crippen molar-refractivity contribution >= 4 is 29.0 Å². The summed E-state index contributed by atoms with van der Waals surface area (Å²) in [6.45, 7) is 1.97. The van der Waals surface area contributed by atoms with Gasteiger partial charge in [0.15, 0.2) is 0 Å². The fraction of sp³-hybridized carbons (Fsp3) is 0.462. The second-order valence-corrected chi connectivity index (χ2v) is 5.19. The Morgan fingerprint density at radius 3 is 2.29 bits per heavy atom. The second-order valence-electron chi connectivity index (χ2n) is 4.37. The van der Waals surface area contributed by atoms with Gasteiger partial charge in [0.2, 0.25) is 0 Å². The van der Waals surface area contributed by atoms with Crippen molar-refractivity contribution in [1.29, 1.82) is 5.41 Å². The zero-order chi connectivity index (χ0) is 12.3. The van der Waals surface area contributed by atoms with Gasteiger partial charge in [-0.2, -0.15) is 0 Å². The van der Waals surface area contributed by atoms with Gasteiger partial charge in [0, 0.05) is 29.6 Å². The number of benzene rings is 1. The van der Waals surface area contributed by atoms with E-state index in [1.165, 1.54) is 19.3 Å². The number of piperidine rings is 1. The van der Waals surface area contributed by atoms with Crippen LogP contribution >= 0.6 is 23.2 Å². The molecule has 0 unspecified atom stereocenters. The Labute approximate surface area is 112 Å². The lowest BCUT2D eigenvalue weighted by atomic mass is 10.1. The Bertz CT molecular complexity index is 392. The molecule has 0 radical (unpaired) electrons. The van der Waals surface area contributed by atoms with Gasteiger partial charge in [-0.3, -0.25) is 5.41 Å². The van der Waals surface area contributed by atoms with E-state index in [-0.39, 0.29) is 0 Å². The second kappa shape index (κ2) is 5.74. The largest absolute Gasteiger partial charge is 0.360 e. The van der Waals surface area contributed by atoms with Crippen molar-refractivity contribution in [2.24, 2.45) is 0 Å². The van der Waals surface area contributed by atoms with Gasteiger partial charge >= 0.3 is 0 Å². The first-order chi connectivity index (χ1) is 8.18. The van der Waals surface area contributed by atoms with Crippen LogP contribution in [0.5, 0.6) is 0 Å². The average molecular weight is 271 g/mol. The molecule has 1 aliphatic heterocycles. The summed E-state index contributed by atoms with van der Waals surface area (Å²) in [5, 5.41) is 9.43. The summed E-state index contributed by atoms with van der Waals surface area (Å²) in [5.74, 6) is 0.625. The van der Waals surface area contributed by atoms with Gasteiger partial charge in [0.1, 0.15) is 5.84 Å². The Morgan fingerprint density at radius 1 is 1.12 bits per heavy atom. The van der Waals surface area contributed by atoms with Gasteiger partial charge in [-0.25, -0.2) is 0 Å². The molecule has 1 heterocycles. The van der Waals surface area contributed by atoms with Crippen molar-refractivity contribution in [3.8, 4) is 0 Å². The van der Waals surface area contributed by atoms with Crippen LogP contribution in [0.15, 0.2) is 18.2 Å². The molecule has 92 valence electrons. The third-order valence-electron chi connectivity index (χ3n) is 3.14. The van der Waals surface area contributed by atoms with E-state index in [2.05, 4.69) is 4.90 Å². The summed E-state index contributed by atoms with van der Waals surface area (Å²) < 4.78 is 0. The van der Waals surface area contributed by atoms with Gasteiger partial charge in [0.25, 0.3) is 0 Å². The van der Waals surface area contributed by atoms with Gasteiger partial charge < -0.3 is 4.90 Å². The molecule has 1 aromatic rings. The maximum atomic E-state index is 8.12. The van der Waals surface area contributed by atoms with Crippen LogP contribution in [0.3, 0.4) is 0 Å². The maximum Gasteiger partial charge on any atom is 0.100 e. The van der Waals surface area contributed by atoms with Crippen molar-refractivity contribution in [1.82, 2.24) is 4.90 Å². The minimum absolute atomic E-state index is 0.526. The molecule has 0 aromatic heterocycles. The number of hydrogen-bond acceptors (Lipinski definition) is 1. The number of nitrogens with one attached hydrogen (secondary N) is 1. The van der Waals surface area contributed by atoms with Crippen LogP contribution in [0, 0.1) is 5.41 Å². The summed E-state index contributed by atoms with van der Waals surface area (Å²) in [7, 11) is 0. The molecule has 0 saturated carbocycles. The minimum atomic E-state index is 0.526. The molecule has 17 heavy (non-hydrogen) atoms. The van der Waals surface area contributed by atoms with Crippen LogP contribution in [-0.4, -0.2) is 23.8 Å². The summed E-state index contributed by atoms with van der Waals surface area (Å²) in [6.07, 6.45) is 4.16. The third kappa shape index (κ3) is 3.14. The Balaban J connectivity index is 2.07. The average Bonchev–Trinajstić information content (AvgIpc) is 2.35. The van der Waals surface area contributed by atoms with Crippen LogP contribution in [0.25, 0.3) is 0 Å². The first-order valence-corrected chi connectivity index (χ1v) is 6.69. The quantitative estimate of drug-likeness (QED) is 0.638. The summed E-state index contributed by atoms with van der Waals surface area (Å²) in [6, 6.07) is 5.48. The van der Waals surface area contributed by atoms with E-state index in [4.69, 9.17) is 28.6 Å². The molecular formula is C13H16Cl2N2. The molecule has 4 heteroatoms.